The highest BCUT2D eigenvalue weighted by Gasteiger charge is 1.99. The van der Waals surface area contributed by atoms with E-state index < -0.39 is 0 Å². The monoisotopic (exact) mass is 139 g/mol. The normalized spacial score (nSPS) is 14.9. The molecule has 10 heavy (non-hydrogen) atoms. The molecule has 1 radical (unpaired) electrons. The van der Waals surface area contributed by atoms with Crippen LogP contribution in [0.1, 0.15) is 33.6 Å². The quantitative estimate of drug-likeness (QED) is 0.523. The van der Waals surface area contributed by atoms with E-state index >= 15 is 0 Å². The van der Waals surface area contributed by atoms with Crippen LogP contribution < -0.4 is 0 Å². The highest BCUT2D eigenvalue weighted by molar-refractivity contribution is 4.86. The van der Waals surface area contributed by atoms with Crippen LogP contribution in [0.5, 0.6) is 0 Å². The molecule has 0 spiro atoms. The van der Waals surface area contributed by atoms with E-state index in [2.05, 4.69) is 39.8 Å². The molecule has 0 heterocycles. The molecule has 0 saturated carbocycles. The molecule has 0 heteroatoms. The summed E-state index contributed by atoms with van der Waals surface area (Å²) in [5, 5.41) is 0. The minimum absolute atomic E-state index is 0.580. The van der Waals surface area contributed by atoms with Crippen molar-refractivity contribution in [1.29, 1.82) is 0 Å². The number of hydrogen-bond acceptors (Lipinski definition) is 0. The van der Waals surface area contributed by atoms with Crippen LogP contribution in [0.2, 0.25) is 0 Å². The van der Waals surface area contributed by atoms with E-state index in [4.69, 9.17) is 0 Å². The Hall–Kier alpha value is -0.260. The predicted molar refractivity (Wildman–Crippen MR) is 47.7 cm³/mol. The van der Waals surface area contributed by atoms with Crippen molar-refractivity contribution in [3.05, 3.63) is 19.1 Å². The van der Waals surface area contributed by atoms with Crippen LogP contribution in [-0.2, 0) is 0 Å². The molecular weight excluding hydrogens is 120 g/mol. The first-order valence-electron chi connectivity index (χ1n) is 4.16. The summed E-state index contributed by atoms with van der Waals surface area (Å²) in [5.74, 6) is 1.28. The Morgan fingerprint density at radius 3 is 2.40 bits per heavy atom. The van der Waals surface area contributed by atoms with Gasteiger partial charge in [-0.2, -0.15) is 0 Å². The summed E-state index contributed by atoms with van der Waals surface area (Å²) in [7, 11) is 0. The fraction of sp³-hybridized carbons (Fsp3) is 0.700. The van der Waals surface area contributed by atoms with E-state index in [0.29, 0.717) is 11.8 Å². The SMILES string of the molecule is [CH2]C(C)CC(C)C=CCC. The third-order valence-corrected chi connectivity index (χ3v) is 1.47. The zero-order chi connectivity index (χ0) is 7.98. The van der Waals surface area contributed by atoms with Crippen molar-refractivity contribution in [3.63, 3.8) is 0 Å². The molecule has 0 rings (SSSR count). The molecule has 2 unspecified atom stereocenters. The first-order chi connectivity index (χ1) is 4.66. The Kier molecular flexibility index (Phi) is 5.38. The van der Waals surface area contributed by atoms with Gasteiger partial charge in [0.2, 0.25) is 0 Å². The predicted octanol–water partition coefficient (Wildman–Crippen LogP) is 3.45. The summed E-state index contributed by atoms with van der Waals surface area (Å²) in [6, 6.07) is 0. The van der Waals surface area contributed by atoms with Gasteiger partial charge < -0.3 is 0 Å². The van der Waals surface area contributed by atoms with Crippen molar-refractivity contribution in [1.82, 2.24) is 0 Å². The van der Waals surface area contributed by atoms with Crippen molar-refractivity contribution in [2.75, 3.05) is 0 Å². The molecular formula is C10H19. The van der Waals surface area contributed by atoms with Crippen molar-refractivity contribution < 1.29 is 0 Å². The first-order valence-corrected chi connectivity index (χ1v) is 4.16. The van der Waals surface area contributed by atoms with Crippen LogP contribution in [0.25, 0.3) is 0 Å². The second-order valence-electron chi connectivity index (χ2n) is 3.15. The van der Waals surface area contributed by atoms with E-state index in [9.17, 15) is 0 Å². The highest BCUT2D eigenvalue weighted by atomic mass is 14.0. The van der Waals surface area contributed by atoms with Gasteiger partial charge in [-0.25, -0.2) is 0 Å². The van der Waals surface area contributed by atoms with E-state index in [-0.39, 0.29) is 0 Å². The second kappa shape index (κ2) is 5.52. The van der Waals surface area contributed by atoms with E-state index in [1.165, 1.54) is 6.42 Å². The topological polar surface area (TPSA) is 0 Å². The van der Waals surface area contributed by atoms with Gasteiger partial charge in [-0.05, 0) is 24.7 Å². The molecule has 0 amide bonds. The molecule has 0 saturated heterocycles. The zero-order valence-electron chi connectivity index (χ0n) is 7.43. The molecule has 0 aromatic heterocycles. The molecule has 0 bridgehead atoms. The lowest BCUT2D eigenvalue weighted by Crippen LogP contribution is -1.96. The summed E-state index contributed by atoms with van der Waals surface area (Å²) in [4.78, 5) is 0. The maximum atomic E-state index is 3.95. The van der Waals surface area contributed by atoms with Crippen LogP contribution in [0.3, 0.4) is 0 Å². The van der Waals surface area contributed by atoms with E-state index in [1.807, 2.05) is 0 Å². The molecule has 2 atom stereocenters. The molecule has 0 aliphatic carbocycles. The van der Waals surface area contributed by atoms with E-state index in [0.717, 1.165) is 6.42 Å². The molecule has 59 valence electrons. The summed E-state index contributed by atoms with van der Waals surface area (Å²) < 4.78 is 0. The second-order valence-corrected chi connectivity index (χ2v) is 3.15. The number of rotatable bonds is 4. The maximum Gasteiger partial charge on any atom is -0.0259 e. The molecule has 0 aliphatic heterocycles. The Morgan fingerprint density at radius 1 is 1.40 bits per heavy atom. The average Bonchev–Trinajstić information content (AvgIpc) is 1.82. The van der Waals surface area contributed by atoms with Gasteiger partial charge in [-0.3, -0.25) is 0 Å². The van der Waals surface area contributed by atoms with E-state index in [1.54, 1.807) is 0 Å². The Balaban J connectivity index is 3.42. The summed E-state index contributed by atoms with van der Waals surface area (Å²) >= 11 is 0. The third kappa shape index (κ3) is 5.87. The minimum atomic E-state index is 0.580. The lowest BCUT2D eigenvalue weighted by atomic mass is 9.98. The van der Waals surface area contributed by atoms with Gasteiger partial charge in [-0.15, -0.1) is 0 Å². The van der Waals surface area contributed by atoms with Crippen LogP contribution in [0.4, 0.5) is 0 Å². The van der Waals surface area contributed by atoms with Crippen molar-refractivity contribution in [3.8, 4) is 0 Å². The lowest BCUT2D eigenvalue weighted by Gasteiger charge is -2.07. The summed E-state index contributed by atoms with van der Waals surface area (Å²) in [5.41, 5.74) is 0. The van der Waals surface area contributed by atoms with Gasteiger partial charge in [-0.1, -0.05) is 39.8 Å². The fourth-order valence-electron chi connectivity index (χ4n) is 1.08. The molecule has 0 N–H and O–H groups in total. The van der Waals surface area contributed by atoms with Gasteiger partial charge in [0.25, 0.3) is 0 Å². The van der Waals surface area contributed by atoms with Gasteiger partial charge in [0.15, 0.2) is 0 Å². The Bertz CT molecular complexity index is 90.2. The Morgan fingerprint density at radius 2 is 2.00 bits per heavy atom. The fourth-order valence-corrected chi connectivity index (χ4v) is 1.08. The molecule has 0 nitrogen and oxygen atoms in total. The van der Waals surface area contributed by atoms with Crippen molar-refractivity contribution >= 4 is 0 Å². The molecule has 0 aromatic rings. The minimum Gasteiger partial charge on any atom is -0.0885 e. The number of hydrogen-bond donors (Lipinski definition) is 0. The summed E-state index contributed by atoms with van der Waals surface area (Å²) in [6.45, 7) is 10.5. The van der Waals surface area contributed by atoms with Crippen molar-refractivity contribution in [2.24, 2.45) is 11.8 Å². The molecule has 0 fully saturated rings. The zero-order valence-corrected chi connectivity index (χ0v) is 7.43. The maximum absolute atomic E-state index is 3.95. The average molecular weight is 139 g/mol. The third-order valence-electron chi connectivity index (χ3n) is 1.47. The van der Waals surface area contributed by atoms with Gasteiger partial charge in [0.05, 0.1) is 0 Å². The van der Waals surface area contributed by atoms with Gasteiger partial charge in [0, 0.05) is 0 Å². The summed E-state index contributed by atoms with van der Waals surface area (Å²) in [6.07, 6.45) is 6.86. The number of allylic oxidation sites excluding steroid dienone is 2. The molecule has 0 aromatic carbocycles. The van der Waals surface area contributed by atoms with Crippen LogP contribution in [0.15, 0.2) is 12.2 Å². The van der Waals surface area contributed by atoms with Gasteiger partial charge in [0.1, 0.15) is 0 Å². The van der Waals surface area contributed by atoms with Crippen molar-refractivity contribution in [2.45, 2.75) is 33.6 Å². The van der Waals surface area contributed by atoms with Crippen LogP contribution in [0, 0.1) is 18.8 Å². The lowest BCUT2D eigenvalue weighted by molar-refractivity contribution is 0.540. The largest absolute Gasteiger partial charge is 0.0885 e. The van der Waals surface area contributed by atoms with Crippen LogP contribution in [-0.4, -0.2) is 0 Å². The highest BCUT2D eigenvalue weighted by Crippen LogP contribution is 2.11. The standard InChI is InChI=1S/C10H19/c1-5-6-7-10(4)8-9(2)3/h6-7,9-10H,2,5,8H2,1,3-4H3. The van der Waals surface area contributed by atoms with Crippen LogP contribution >= 0.6 is 0 Å². The van der Waals surface area contributed by atoms with Gasteiger partial charge >= 0.3 is 0 Å². The smallest absolute Gasteiger partial charge is 0.0259 e. The molecule has 0 aliphatic rings. The Labute approximate surface area is 65.3 Å². The first kappa shape index (κ1) is 9.74.